The van der Waals surface area contributed by atoms with E-state index >= 15 is 0 Å². The molecule has 0 aromatic heterocycles. The van der Waals surface area contributed by atoms with Gasteiger partial charge in [-0.3, -0.25) is 4.90 Å². The number of nitrogens with one attached hydrogen (secondary N) is 1. The molecule has 2 aliphatic heterocycles. The first-order valence-electron chi connectivity index (χ1n) is 10.2. The lowest BCUT2D eigenvalue weighted by atomic mass is 10.0. The van der Waals surface area contributed by atoms with E-state index in [2.05, 4.69) is 48.3 Å². The van der Waals surface area contributed by atoms with Gasteiger partial charge in [-0.1, -0.05) is 42.5 Å². The molecule has 2 aromatic carbocycles. The monoisotopic (exact) mass is 379 g/mol. The van der Waals surface area contributed by atoms with Gasteiger partial charge < -0.3 is 15.0 Å². The third kappa shape index (κ3) is 4.37. The number of anilines is 1. The van der Waals surface area contributed by atoms with Crippen molar-refractivity contribution in [2.24, 2.45) is 0 Å². The van der Waals surface area contributed by atoms with Gasteiger partial charge in [0, 0.05) is 38.4 Å². The first-order chi connectivity index (χ1) is 13.6. The third-order valence-corrected chi connectivity index (χ3v) is 5.57. The zero-order valence-electron chi connectivity index (χ0n) is 16.7. The second-order valence-corrected chi connectivity index (χ2v) is 7.98. The summed E-state index contributed by atoms with van der Waals surface area (Å²) in [6, 6.07) is 16.5. The van der Waals surface area contributed by atoms with Crippen LogP contribution in [0.25, 0.3) is 0 Å². The highest BCUT2D eigenvalue weighted by atomic mass is 16.5. The van der Waals surface area contributed by atoms with E-state index < -0.39 is 0 Å². The normalized spacial score (nSPS) is 22.6. The number of rotatable bonds is 3. The summed E-state index contributed by atoms with van der Waals surface area (Å²) in [5, 5.41) is 3.15. The highest BCUT2D eigenvalue weighted by Gasteiger charge is 2.24. The van der Waals surface area contributed by atoms with E-state index in [9.17, 15) is 4.79 Å². The van der Waals surface area contributed by atoms with Crippen LogP contribution in [0.1, 0.15) is 30.5 Å². The van der Waals surface area contributed by atoms with Crippen LogP contribution < -0.4 is 5.32 Å². The smallest absolute Gasteiger partial charge is 0.322 e. The Bertz CT molecular complexity index is 828. The van der Waals surface area contributed by atoms with Crippen molar-refractivity contribution in [3.05, 3.63) is 65.2 Å². The van der Waals surface area contributed by atoms with Crippen molar-refractivity contribution in [3.8, 4) is 0 Å². The Hall–Kier alpha value is -2.37. The van der Waals surface area contributed by atoms with Gasteiger partial charge in [-0.25, -0.2) is 4.79 Å². The molecule has 1 fully saturated rings. The van der Waals surface area contributed by atoms with E-state index in [4.69, 9.17) is 4.74 Å². The molecule has 2 amide bonds. The van der Waals surface area contributed by atoms with Gasteiger partial charge >= 0.3 is 6.03 Å². The predicted molar refractivity (Wildman–Crippen MR) is 111 cm³/mol. The molecule has 2 aliphatic rings. The summed E-state index contributed by atoms with van der Waals surface area (Å²) in [5.74, 6) is 0. The average molecular weight is 380 g/mol. The summed E-state index contributed by atoms with van der Waals surface area (Å²) in [6.07, 6.45) is 1.38. The number of benzene rings is 2. The van der Waals surface area contributed by atoms with Gasteiger partial charge in [-0.15, -0.1) is 0 Å². The molecule has 1 N–H and O–H groups in total. The maximum Gasteiger partial charge on any atom is 0.322 e. The van der Waals surface area contributed by atoms with Crippen molar-refractivity contribution < 1.29 is 9.53 Å². The van der Waals surface area contributed by atoms with Crippen molar-refractivity contribution in [2.75, 3.05) is 25.0 Å². The van der Waals surface area contributed by atoms with E-state index in [-0.39, 0.29) is 18.2 Å². The number of nitrogens with zero attached hydrogens (tertiary/aromatic N) is 2. The number of hydrogen-bond donors (Lipinski definition) is 1. The van der Waals surface area contributed by atoms with Crippen LogP contribution >= 0.6 is 0 Å². The van der Waals surface area contributed by atoms with Crippen LogP contribution in [0.4, 0.5) is 10.5 Å². The Morgan fingerprint density at radius 3 is 2.50 bits per heavy atom. The van der Waals surface area contributed by atoms with Crippen molar-refractivity contribution in [3.63, 3.8) is 0 Å². The van der Waals surface area contributed by atoms with Gasteiger partial charge in [-0.2, -0.15) is 0 Å². The minimum absolute atomic E-state index is 0.0225. The number of fused-ring (bicyclic) bond motifs is 1. The van der Waals surface area contributed by atoms with Crippen molar-refractivity contribution in [2.45, 2.75) is 45.6 Å². The van der Waals surface area contributed by atoms with Crippen LogP contribution in [0.5, 0.6) is 0 Å². The highest BCUT2D eigenvalue weighted by molar-refractivity contribution is 5.90. The Labute approximate surface area is 167 Å². The number of morpholine rings is 1. The fourth-order valence-corrected chi connectivity index (χ4v) is 4.30. The van der Waals surface area contributed by atoms with E-state index in [1.54, 1.807) is 0 Å². The molecule has 0 bridgehead atoms. The second-order valence-electron chi connectivity index (χ2n) is 7.98. The molecule has 2 aromatic rings. The fourth-order valence-electron chi connectivity index (χ4n) is 4.30. The van der Waals surface area contributed by atoms with E-state index in [0.29, 0.717) is 6.54 Å². The number of hydrogen-bond acceptors (Lipinski definition) is 3. The molecule has 2 heterocycles. The van der Waals surface area contributed by atoms with Gasteiger partial charge in [0.15, 0.2) is 0 Å². The number of urea groups is 1. The Morgan fingerprint density at radius 2 is 1.71 bits per heavy atom. The fraction of sp³-hybridized carbons (Fsp3) is 0.435. The molecule has 0 aliphatic carbocycles. The lowest BCUT2D eigenvalue weighted by molar-refractivity contribution is -0.0704. The number of ether oxygens (including phenoxy) is 1. The van der Waals surface area contributed by atoms with Crippen LogP contribution in [0, 0.1) is 0 Å². The van der Waals surface area contributed by atoms with Crippen LogP contribution in [0.3, 0.4) is 0 Å². The molecule has 4 rings (SSSR count). The predicted octanol–water partition coefficient (Wildman–Crippen LogP) is 3.89. The molecule has 2 atom stereocenters. The molecule has 0 saturated carbocycles. The Kier molecular flexibility index (Phi) is 5.64. The largest absolute Gasteiger partial charge is 0.373 e. The molecule has 148 valence electrons. The number of carbonyl (C=O) groups excluding carboxylic acids is 1. The van der Waals surface area contributed by atoms with Crippen LogP contribution in [-0.2, 0) is 24.2 Å². The Balaban J connectivity index is 1.43. The summed E-state index contributed by atoms with van der Waals surface area (Å²) in [7, 11) is 0. The lowest BCUT2D eigenvalue weighted by Crippen LogP contribution is -2.45. The van der Waals surface area contributed by atoms with Gasteiger partial charge in [0.05, 0.1) is 12.2 Å². The van der Waals surface area contributed by atoms with E-state index in [1.165, 1.54) is 11.1 Å². The van der Waals surface area contributed by atoms with E-state index in [0.717, 1.165) is 43.9 Å². The van der Waals surface area contributed by atoms with Gasteiger partial charge in [0.1, 0.15) is 0 Å². The number of amides is 2. The zero-order valence-corrected chi connectivity index (χ0v) is 16.7. The molecule has 0 radical (unpaired) electrons. The maximum atomic E-state index is 12.9. The average Bonchev–Trinajstić information content (AvgIpc) is 2.68. The number of para-hydroxylation sites is 1. The van der Waals surface area contributed by atoms with Crippen molar-refractivity contribution >= 4 is 11.7 Å². The molecular formula is C23H29N3O2. The zero-order chi connectivity index (χ0) is 19.5. The molecule has 5 heteroatoms. The quantitative estimate of drug-likeness (QED) is 0.880. The van der Waals surface area contributed by atoms with E-state index in [1.807, 2.05) is 29.2 Å². The third-order valence-electron chi connectivity index (χ3n) is 5.57. The SMILES string of the molecule is C[C@H]1CN(Cc2ccccc2NC(=O)N2CCc3ccccc3C2)C[C@H](C)O1. The van der Waals surface area contributed by atoms with Gasteiger partial charge in [0.25, 0.3) is 0 Å². The highest BCUT2D eigenvalue weighted by Crippen LogP contribution is 2.23. The molecule has 28 heavy (non-hydrogen) atoms. The lowest BCUT2D eigenvalue weighted by Gasteiger charge is -2.35. The Morgan fingerprint density at radius 1 is 1.04 bits per heavy atom. The molecule has 1 saturated heterocycles. The second kappa shape index (κ2) is 8.33. The maximum absolute atomic E-state index is 12.9. The van der Waals surface area contributed by atoms with Crippen molar-refractivity contribution in [1.82, 2.24) is 9.80 Å². The van der Waals surface area contributed by atoms with Crippen molar-refractivity contribution in [1.29, 1.82) is 0 Å². The minimum Gasteiger partial charge on any atom is -0.373 e. The summed E-state index contributed by atoms with van der Waals surface area (Å²) in [5.41, 5.74) is 4.64. The van der Waals surface area contributed by atoms with Crippen LogP contribution in [0.15, 0.2) is 48.5 Å². The number of carbonyl (C=O) groups is 1. The van der Waals surface area contributed by atoms with Crippen LogP contribution in [-0.4, -0.2) is 47.7 Å². The summed E-state index contributed by atoms with van der Waals surface area (Å²) in [6.45, 7) is 8.30. The van der Waals surface area contributed by atoms with Gasteiger partial charge in [-0.05, 0) is 43.0 Å². The minimum atomic E-state index is -0.0225. The topological polar surface area (TPSA) is 44.8 Å². The summed E-state index contributed by atoms with van der Waals surface area (Å²) in [4.78, 5) is 17.2. The molecule has 0 spiro atoms. The molecule has 5 nitrogen and oxygen atoms in total. The van der Waals surface area contributed by atoms with Gasteiger partial charge in [0.2, 0.25) is 0 Å². The van der Waals surface area contributed by atoms with Crippen LogP contribution in [0.2, 0.25) is 0 Å². The first-order valence-corrected chi connectivity index (χ1v) is 10.2. The summed E-state index contributed by atoms with van der Waals surface area (Å²) < 4.78 is 5.84. The standard InChI is InChI=1S/C23H29N3O2/c1-17-13-25(14-18(2)28-17)15-21-9-5-6-10-22(21)24-23(27)26-12-11-19-7-3-4-8-20(19)16-26/h3-10,17-18H,11-16H2,1-2H3,(H,24,27)/t17-,18-/m0/s1. The first kappa shape index (κ1) is 19.0. The summed E-state index contributed by atoms with van der Waals surface area (Å²) >= 11 is 0. The molecular weight excluding hydrogens is 350 g/mol. The molecule has 0 unspecified atom stereocenters.